The van der Waals surface area contributed by atoms with Gasteiger partial charge in [-0.05, 0) is 32.0 Å². The molecule has 0 N–H and O–H groups in total. The number of ether oxygens (including phenoxy) is 3. The number of hydrogen-bond donors (Lipinski definition) is 0. The van der Waals surface area contributed by atoms with Crippen molar-refractivity contribution in [2.75, 3.05) is 0 Å². The molecule has 1 saturated heterocycles. The normalized spacial score (nSPS) is 27.8. The van der Waals surface area contributed by atoms with Gasteiger partial charge in [-0.25, -0.2) is 0 Å². The Labute approximate surface area is 101 Å². The van der Waals surface area contributed by atoms with Crippen molar-refractivity contribution in [2.24, 2.45) is 0 Å². The number of rotatable bonds is 1. The highest BCUT2D eigenvalue weighted by molar-refractivity contribution is 5.46. The molecule has 0 radical (unpaired) electrons. The molecular weight excluding hydrogens is 249 g/mol. The standard InChI is InChI=1S/C12H11F3O3/c1-11(2)10-9(16-10)7-5-6(17-12(13,14)15)3-4-8(7)18-11/h3-5,9-10H,1-2H3. The van der Waals surface area contributed by atoms with Gasteiger partial charge in [0, 0.05) is 5.56 Å². The van der Waals surface area contributed by atoms with Gasteiger partial charge in [-0.2, -0.15) is 0 Å². The van der Waals surface area contributed by atoms with E-state index in [1.807, 2.05) is 13.8 Å². The van der Waals surface area contributed by atoms with Crippen molar-refractivity contribution in [3.05, 3.63) is 23.8 Å². The van der Waals surface area contributed by atoms with Gasteiger partial charge in [-0.1, -0.05) is 0 Å². The quantitative estimate of drug-likeness (QED) is 0.726. The van der Waals surface area contributed by atoms with E-state index in [0.29, 0.717) is 11.3 Å². The largest absolute Gasteiger partial charge is 0.573 e. The Morgan fingerprint density at radius 2 is 2.00 bits per heavy atom. The van der Waals surface area contributed by atoms with E-state index < -0.39 is 12.0 Å². The highest BCUT2D eigenvalue weighted by Gasteiger charge is 2.56. The van der Waals surface area contributed by atoms with E-state index >= 15 is 0 Å². The molecule has 2 atom stereocenters. The summed E-state index contributed by atoms with van der Waals surface area (Å²) in [7, 11) is 0. The van der Waals surface area contributed by atoms with Crippen molar-refractivity contribution in [1.29, 1.82) is 0 Å². The summed E-state index contributed by atoms with van der Waals surface area (Å²) in [6.45, 7) is 3.78. The van der Waals surface area contributed by atoms with Gasteiger partial charge in [0.05, 0.1) is 0 Å². The van der Waals surface area contributed by atoms with Crippen LogP contribution in [0.2, 0.25) is 0 Å². The second-order valence-corrected chi connectivity index (χ2v) is 4.93. The minimum Gasteiger partial charge on any atom is -0.485 e. The molecule has 1 fully saturated rings. The van der Waals surface area contributed by atoms with Crippen LogP contribution in [0.4, 0.5) is 13.2 Å². The summed E-state index contributed by atoms with van der Waals surface area (Å²) in [4.78, 5) is 0. The van der Waals surface area contributed by atoms with E-state index in [9.17, 15) is 13.2 Å². The molecule has 0 spiro atoms. The molecule has 18 heavy (non-hydrogen) atoms. The first kappa shape index (κ1) is 11.6. The molecular formula is C12H11F3O3. The van der Waals surface area contributed by atoms with Crippen LogP contribution < -0.4 is 9.47 Å². The minimum atomic E-state index is -4.69. The van der Waals surface area contributed by atoms with E-state index in [1.165, 1.54) is 18.2 Å². The number of halogens is 3. The summed E-state index contributed by atoms with van der Waals surface area (Å²) in [6, 6.07) is 4.05. The first-order valence-electron chi connectivity index (χ1n) is 5.50. The second kappa shape index (κ2) is 3.32. The first-order chi connectivity index (χ1) is 8.26. The maximum atomic E-state index is 12.1. The molecule has 2 unspecified atom stereocenters. The van der Waals surface area contributed by atoms with Crippen LogP contribution in [0.1, 0.15) is 25.5 Å². The molecule has 98 valence electrons. The zero-order valence-electron chi connectivity index (χ0n) is 9.75. The van der Waals surface area contributed by atoms with Crippen molar-refractivity contribution in [3.8, 4) is 11.5 Å². The van der Waals surface area contributed by atoms with Crippen LogP contribution in [0, 0.1) is 0 Å². The summed E-state index contributed by atoms with van der Waals surface area (Å²) in [5.41, 5.74) is 0.158. The van der Waals surface area contributed by atoms with Gasteiger partial charge < -0.3 is 14.2 Å². The average molecular weight is 260 g/mol. The van der Waals surface area contributed by atoms with Crippen molar-refractivity contribution < 1.29 is 27.4 Å². The van der Waals surface area contributed by atoms with Crippen LogP contribution in [0.15, 0.2) is 18.2 Å². The van der Waals surface area contributed by atoms with Gasteiger partial charge in [-0.3, -0.25) is 0 Å². The van der Waals surface area contributed by atoms with E-state index in [2.05, 4.69) is 4.74 Å². The average Bonchev–Trinajstić information content (AvgIpc) is 2.97. The second-order valence-electron chi connectivity index (χ2n) is 4.93. The summed E-state index contributed by atoms with van der Waals surface area (Å²) < 4.78 is 51.4. The van der Waals surface area contributed by atoms with Gasteiger partial charge >= 0.3 is 6.36 Å². The predicted molar refractivity (Wildman–Crippen MR) is 55.4 cm³/mol. The van der Waals surface area contributed by atoms with E-state index in [-0.39, 0.29) is 18.0 Å². The lowest BCUT2D eigenvalue weighted by molar-refractivity contribution is -0.274. The Kier molecular flexibility index (Phi) is 2.15. The van der Waals surface area contributed by atoms with Crippen LogP contribution >= 0.6 is 0 Å². The predicted octanol–water partition coefficient (Wildman–Crippen LogP) is 3.20. The minimum absolute atomic E-state index is 0.105. The Balaban J connectivity index is 1.92. The Bertz CT molecular complexity index is 496. The van der Waals surface area contributed by atoms with Gasteiger partial charge in [-0.15, -0.1) is 13.2 Å². The number of alkyl halides is 3. The molecule has 6 heteroatoms. The van der Waals surface area contributed by atoms with E-state index in [1.54, 1.807) is 0 Å². The third-order valence-electron chi connectivity index (χ3n) is 3.07. The molecule has 2 aliphatic rings. The number of benzene rings is 1. The lowest BCUT2D eigenvalue weighted by atomic mass is 9.94. The molecule has 2 heterocycles. The smallest absolute Gasteiger partial charge is 0.485 e. The zero-order valence-corrected chi connectivity index (χ0v) is 9.75. The van der Waals surface area contributed by atoms with Crippen molar-refractivity contribution >= 4 is 0 Å². The summed E-state index contributed by atoms with van der Waals surface area (Å²) in [5.74, 6) is 0.298. The van der Waals surface area contributed by atoms with Gasteiger partial charge in [0.1, 0.15) is 29.3 Å². The first-order valence-corrected chi connectivity index (χ1v) is 5.50. The lowest BCUT2D eigenvalue weighted by Gasteiger charge is -2.29. The molecule has 0 saturated carbocycles. The maximum Gasteiger partial charge on any atom is 0.573 e. The van der Waals surface area contributed by atoms with Gasteiger partial charge in [0.25, 0.3) is 0 Å². The Morgan fingerprint density at radius 3 is 2.67 bits per heavy atom. The molecule has 1 aromatic rings. The van der Waals surface area contributed by atoms with Gasteiger partial charge in [0.15, 0.2) is 0 Å². The van der Waals surface area contributed by atoms with Crippen LogP contribution in [-0.2, 0) is 4.74 Å². The molecule has 0 amide bonds. The molecule has 1 aromatic carbocycles. The fourth-order valence-corrected chi connectivity index (χ4v) is 2.26. The summed E-state index contributed by atoms with van der Waals surface area (Å²) >= 11 is 0. The fourth-order valence-electron chi connectivity index (χ4n) is 2.26. The van der Waals surface area contributed by atoms with Crippen molar-refractivity contribution in [2.45, 2.75) is 38.0 Å². The third-order valence-corrected chi connectivity index (χ3v) is 3.07. The van der Waals surface area contributed by atoms with Gasteiger partial charge in [0.2, 0.25) is 0 Å². The monoisotopic (exact) mass is 260 g/mol. The SMILES string of the molecule is CC1(C)Oc2ccc(OC(F)(F)F)cc2C2OC21. The Morgan fingerprint density at radius 1 is 1.28 bits per heavy atom. The van der Waals surface area contributed by atoms with Crippen LogP contribution in [-0.4, -0.2) is 18.1 Å². The Hall–Kier alpha value is -1.43. The zero-order chi connectivity index (χ0) is 13.1. The van der Waals surface area contributed by atoms with Crippen LogP contribution in [0.5, 0.6) is 11.5 Å². The molecule has 3 rings (SSSR count). The summed E-state index contributed by atoms with van der Waals surface area (Å²) in [6.07, 6.45) is -4.99. The maximum absolute atomic E-state index is 12.1. The van der Waals surface area contributed by atoms with Crippen molar-refractivity contribution in [1.82, 2.24) is 0 Å². The van der Waals surface area contributed by atoms with E-state index in [0.717, 1.165) is 0 Å². The topological polar surface area (TPSA) is 31.0 Å². The fraction of sp³-hybridized carbons (Fsp3) is 0.500. The number of hydrogen-bond acceptors (Lipinski definition) is 3. The lowest BCUT2D eigenvalue weighted by Crippen LogP contribution is -2.37. The molecule has 0 bridgehead atoms. The highest BCUT2D eigenvalue weighted by Crippen LogP contribution is 2.54. The van der Waals surface area contributed by atoms with Crippen LogP contribution in [0.25, 0.3) is 0 Å². The van der Waals surface area contributed by atoms with Crippen LogP contribution in [0.3, 0.4) is 0 Å². The van der Waals surface area contributed by atoms with Crippen molar-refractivity contribution in [3.63, 3.8) is 0 Å². The third kappa shape index (κ3) is 1.90. The molecule has 0 aliphatic carbocycles. The number of fused-ring (bicyclic) bond motifs is 3. The molecule has 0 aromatic heterocycles. The van der Waals surface area contributed by atoms with E-state index in [4.69, 9.17) is 9.47 Å². The molecule has 3 nitrogen and oxygen atoms in total. The summed E-state index contributed by atoms with van der Waals surface area (Å²) in [5, 5.41) is 0. The highest BCUT2D eigenvalue weighted by atomic mass is 19.4. The molecule has 2 aliphatic heterocycles. The number of epoxide rings is 1.